The van der Waals surface area contributed by atoms with Crippen LogP contribution in [0.4, 0.5) is 0 Å². The van der Waals surface area contributed by atoms with E-state index in [2.05, 4.69) is 0 Å². The van der Waals surface area contributed by atoms with Gasteiger partial charge in [-0.05, 0) is 12.8 Å². The Labute approximate surface area is 65.6 Å². The molecule has 0 unspecified atom stereocenters. The summed E-state index contributed by atoms with van der Waals surface area (Å²) in [7, 11) is 0. The highest BCUT2D eigenvalue weighted by Gasteiger charge is 2.41. The Morgan fingerprint density at radius 2 is 2.20 bits per heavy atom. The Bertz CT molecular complexity index is 161. The highest BCUT2D eigenvalue weighted by Crippen LogP contribution is 2.49. The first-order chi connectivity index (χ1) is 4.81. The first-order valence-electron chi connectivity index (χ1n) is 3.96. The second-order valence-electron chi connectivity index (χ2n) is 3.35. The van der Waals surface area contributed by atoms with Crippen molar-refractivity contribution in [2.24, 2.45) is 0 Å². The van der Waals surface area contributed by atoms with Gasteiger partial charge in [0.15, 0.2) is 0 Å². The molecule has 1 saturated heterocycles. The summed E-state index contributed by atoms with van der Waals surface area (Å²) < 4.78 is 0.440. The number of carbonyl (C=O) groups is 1. The van der Waals surface area contributed by atoms with Crippen molar-refractivity contribution >= 4 is 17.5 Å². The molecule has 1 saturated carbocycles. The largest absolute Gasteiger partial charge is 0.300 e. The lowest BCUT2D eigenvalue weighted by Crippen LogP contribution is -2.39. The standard InChI is InChI=1S/C8H12OS/c9-7-2-5-10-8(6-7)3-1-4-8/h1-6H2. The summed E-state index contributed by atoms with van der Waals surface area (Å²) in [6.45, 7) is 0. The molecule has 2 heteroatoms. The number of carbonyl (C=O) groups excluding carboxylic acids is 1. The van der Waals surface area contributed by atoms with Crippen LogP contribution in [-0.4, -0.2) is 16.3 Å². The van der Waals surface area contributed by atoms with Crippen molar-refractivity contribution in [3.63, 3.8) is 0 Å². The quantitative estimate of drug-likeness (QED) is 0.533. The molecule has 1 heterocycles. The predicted molar refractivity (Wildman–Crippen MR) is 43.3 cm³/mol. The van der Waals surface area contributed by atoms with E-state index in [1.165, 1.54) is 19.3 Å². The molecular weight excluding hydrogens is 144 g/mol. The van der Waals surface area contributed by atoms with Crippen LogP contribution in [0.2, 0.25) is 0 Å². The normalized spacial score (nSPS) is 30.2. The van der Waals surface area contributed by atoms with Crippen molar-refractivity contribution in [1.29, 1.82) is 0 Å². The predicted octanol–water partition coefficient (Wildman–Crippen LogP) is 2.01. The van der Waals surface area contributed by atoms with Crippen LogP contribution < -0.4 is 0 Å². The molecule has 1 spiro atoms. The third kappa shape index (κ3) is 0.986. The number of rotatable bonds is 0. The SMILES string of the molecule is O=C1CCSC2(CCC2)C1. The minimum absolute atomic E-state index is 0.440. The summed E-state index contributed by atoms with van der Waals surface area (Å²) in [6.07, 6.45) is 5.64. The number of hydrogen-bond acceptors (Lipinski definition) is 2. The molecule has 2 aliphatic rings. The first-order valence-corrected chi connectivity index (χ1v) is 4.95. The van der Waals surface area contributed by atoms with Gasteiger partial charge >= 0.3 is 0 Å². The van der Waals surface area contributed by atoms with Gasteiger partial charge in [0.2, 0.25) is 0 Å². The molecule has 0 aromatic rings. The minimum atomic E-state index is 0.440. The van der Waals surface area contributed by atoms with Crippen molar-refractivity contribution < 1.29 is 4.79 Å². The van der Waals surface area contributed by atoms with Crippen molar-refractivity contribution in [2.45, 2.75) is 36.9 Å². The van der Waals surface area contributed by atoms with Gasteiger partial charge in [0.1, 0.15) is 5.78 Å². The minimum Gasteiger partial charge on any atom is -0.300 e. The van der Waals surface area contributed by atoms with E-state index in [-0.39, 0.29) is 0 Å². The van der Waals surface area contributed by atoms with Crippen LogP contribution in [0, 0.1) is 0 Å². The second-order valence-corrected chi connectivity index (χ2v) is 4.91. The van der Waals surface area contributed by atoms with Crippen LogP contribution in [-0.2, 0) is 4.79 Å². The van der Waals surface area contributed by atoms with Gasteiger partial charge in [-0.3, -0.25) is 4.79 Å². The van der Waals surface area contributed by atoms with E-state index >= 15 is 0 Å². The highest BCUT2D eigenvalue weighted by molar-refractivity contribution is 8.00. The lowest BCUT2D eigenvalue weighted by molar-refractivity contribution is -0.120. The van der Waals surface area contributed by atoms with Gasteiger partial charge in [-0.1, -0.05) is 6.42 Å². The number of hydrogen-bond donors (Lipinski definition) is 0. The molecule has 1 nitrogen and oxygen atoms in total. The first kappa shape index (κ1) is 6.71. The van der Waals surface area contributed by atoms with Crippen molar-refractivity contribution in [1.82, 2.24) is 0 Å². The Kier molecular flexibility index (Phi) is 1.52. The van der Waals surface area contributed by atoms with Gasteiger partial charge in [0, 0.05) is 23.3 Å². The number of ketones is 1. The van der Waals surface area contributed by atoms with Gasteiger partial charge < -0.3 is 0 Å². The van der Waals surface area contributed by atoms with E-state index in [0.29, 0.717) is 10.5 Å². The van der Waals surface area contributed by atoms with E-state index in [0.717, 1.165) is 18.6 Å². The zero-order valence-corrected chi connectivity index (χ0v) is 6.88. The van der Waals surface area contributed by atoms with E-state index < -0.39 is 0 Å². The maximum Gasteiger partial charge on any atom is 0.135 e. The molecule has 1 aliphatic heterocycles. The smallest absolute Gasteiger partial charge is 0.135 e. The summed E-state index contributed by atoms with van der Waals surface area (Å²) in [5.41, 5.74) is 0. The van der Waals surface area contributed by atoms with Crippen LogP contribution in [0.25, 0.3) is 0 Å². The molecule has 0 amide bonds. The molecule has 0 aromatic heterocycles. The fraction of sp³-hybridized carbons (Fsp3) is 0.875. The van der Waals surface area contributed by atoms with Gasteiger partial charge in [-0.2, -0.15) is 11.8 Å². The summed E-state index contributed by atoms with van der Waals surface area (Å²) in [6, 6.07) is 0. The average molecular weight is 156 g/mol. The van der Waals surface area contributed by atoms with Crippen LogP contribution in [0.15, 0.2) is 0 Å². The molecule has 1 aliphatic carbocycles. The lowest BCUT2D eigenvalue weighted by Gasteiger charge is -2.43. The monoisotopic (exact) mass is 156 g/mol. The fourth-order valence-corrected chi connectivity index (χ4v) is 3.38. The van der Waals surface area contributed by atoms with E-state index in [1.54, 1.807) is 0 Å². The van der Waals surface area contributed by atoms with Gasteiger partial charge in [0.05, 0.1) is 0 Å². The lowest BCUT2D eigenvalue weighted by atomic mass is 9.80. The molecule has 0 N–H and O–H groups in total. The molecule has 56 valence electrons. The molecule has 0 bridgehead atoms. The van der Waals surface area contributed by atoms with Crippen LogP contribution >= 0.6 is 11.8 Å². The molecule has 2 fully saturated rings. The maximum atomic E-state index is 11.1. The summed E-state index contributed by atoms with van der Waals surface area (Å²) in [5, 5.41) is 0. The van der Waals surface area contributed by atoms with Gasteiger partial charge in [-0.15, -0.1) is 0 Å². The van der Waals surface area contributed by atoms with Crippen molar-refractivity contribution in [2.75, 3.05) is 5.75 Å². The molecule has 0 atom stereocenters. The van der Waals surface area contributed by atoms with E-state index in [1.807, 2.05) is 11.8 Å². The Morgan fingerprint density at radius 3 is 2.60 bits per heavy atom. The number of thioether (sulfide) groups is 1. The number of Topliss-reactive ketones (excluding diaryl/α,β-unsaturated/α-hetero) is 1. The third-order valence-corrected chi connectivity index (χ3v) is 4.15. The zero-order chi connectivity index (χ0) is 7.03. The van der Waals surface area contributed by atoms with Crippen LogP contribution in [0.3, 0.4) is 0 Å². The molecule has 0 aromatic carbocycles. The summed E-state index contributed by atoms with van der Waals surface area (Å²) in [5.74, 6) is 1.58. The summed E-state index contributed by atoms with van der Waals surface area (Å²) in [4.78, 5) is 11.1. The van der Waals surface area contributed by atoms with Crippen LogP contribution in [0.5, 0.6) is 0 Å². The second kappa shape index (κ2) is 2.26. The molecule has 10 heavy (non-hydrogen) atoms. The third-order valence-electron chi connectivity index (χ3n) is 2.57. The Hall–Kier alpha value is 0.0200. The van der Waals surface area contributed by atoms with Gasteiger partial charge in [0.25, 0.3) is 0 Å². The van der Waals surface area contributed by atoms with Gasteiger partial charge in [-0.25, -0.2) is 0 Å². The maximum absolute atomic E-state index is 11.1. The molecule has 0 radical (unpaired) electrons. The van der Waals surface area contributed by atoms with Crippen LogP contribution in [0.1, 0.15) is 32.1 Å². The van der Waals surface area contributed by atoms with E-state index in [9.17, 15) is 4.79 Å². The topological polar surface area (TPSA) is 17.1 Å². The van der Waals surface area contributed by atoms with Crippen molar-refractivity contribution in [3.8, 4) is 0 Å². The fourth-order valence-electron chi connectivity index (χ4n) is 1.77. The molecular formula is C8H12OS. The highest BCUT2D eigenvalue weighted by atomic mass is 32.2. The summed E-state index contributed by atoms with van der Waals surface area (Å²) >= 11 is 2.04. The Balaban J connectivity index is 2.02. The average Bonchev–Trinajstić information content (AvgIpc) is 1.85. The van der Waals surface area contributed by atoms with Crippen molar-refractivity contribution in [3.05, 3.63) is 0 Å². The zero-order valence-electron chi connectivity index (χ0n) is 6.06. The van der Waals surface area contributed by atoms with E-state index in [4.69, 9.17) is 0 Å². The molecule has 2 rings (SSSR count). The Morgan fingerprint density at radius 1 is 1.40 bits per heavy atom.